The summed E-state index contributed by atoms with van der Waals surface area (Å²) in [6.45, 7) is 0.597. The highest BCUT2D eigenvalue weighted by molar-refractivity contribution is 5.94. The smallest absolute Gasteiger partial charge is 0.407 e. The first-order valence-corrected chi connectivity index (χ1v) is 7.22. The van der Waals surface area contributed by atoms with Gasteiger partial charge in [-0.15, -0.1) is 6.42 Å². The lowest BCUT2D eigenvalue weighted by Crippen LogP contribution is -2.30. The molecular formula is C17H15N3O3. The van der Waals surface area contributed by atoms with Crippen LogP contribution in [0.15, 0.2) is 30.5 Å². The van der Waals surface area contributed by atoms with Crippen LogP contribution in [0.1, 0.15) is 12.0 Å². The molecule has 3 rings (SSSR count). The van der Waals surface area contributed by atoms with Crippen LogP contribution in [-0.4, -0.2) is 40.1 Å². The number of pyridine rings is 1. The van der Waals surface area contributed by atoms with E-state index in [1.165, 1.54) is 4.90 Å². The summed E-state index contributed by atoms with van der Waals surface area (Å²) < 4.78 is 0. The van der Waals surface area contributed by atoms with Crippen molar-refractivity contribution < 1.29 is 14.7 Å². The van der Waals surface area contributed by atoms with Crippen molar-refractivity contribution in [2.75, 3.05) is 18.4 Å². The molecule has 1 fully saturated rings. The number of benzene rings is 1. The van der Waals surface area contributed by atoms with E-state index in [0.29, 0.717) is 18.8 Å². The van der Waals surface area contributed by atoms with E-state index in [9.17, 15) is 9.59 Å². The number of rotatable bonds is 2. The molecule has 0 bridgehead atoms. The van der Waals surface area contributed by atoms with Gasteiger partial charge in [0.05, 0.1) is 5.92 Å². The highest BCUT2D eigenvalue weighted by Gasteiger charge is 2.31. The first-order chi connectivity index (χ1) is 11.1. The Kier molecular flexibility index (Phi) is 3.85. The summed E-state index contributed by atoms with van der Waals surface area (Å²) in [7, 11) is 0. The zero-order valence-electron chi connectivity index (χ0n) is 12.3. The highest BCUT2D eigenvalue weighted by Crippen LogP contribution is 2.21. The largest absolute Gasteiger partial charge is 0.465 e. The lowest BCUT2D eigenvalue weighted by atomic mass is 10.1. The average Bonchev–Trinajstić information content (AvgIpc) is 3.04. The second-order valence-corrected chi connectivity index (χ2v) is 5.48. The minimum Gasteiger partial charge on any atom is -0.465 e. The monoisotopic (exact) mass is 309 g/mol. The van der Waals surface area contributed by atoms with E-state index < -0.39 is 6.09 Å². The van der Waals surface area contributed by atoms with E-state index in [4.69, 9.17) is 11.5 Å². The Bertz CT molecular complexity index is 825. The third-order valence-corrected chi connectivity index (χ3v) is 3.97. The van der Waals surface area contributed by atoms with Crippen molar-refractivity contribution >= 4 is 28.6 Å². The predicted octanol–water partition coefficient (Wildman–Crippen LogP) is 2.15. The zero-order chi connectivity index (χ0) is 16.4. The number of nitrogens with zero attached hydrogens (tertiary/aromatic N) is 2. The van der Waals surface area contributed by atoms with Crippen molar-refractivity contribution in [1.29, 1.82) is 0 Å². The summed E-state index contributed by atoms with van der Waals surface area (Å²) in [6.07, 6.45) is 6.59. The predicted molar refractivity (Wildman–Crippen MR) is 86.0 cm³/mol. The second-order valence-electron chi connectivity index (χ2n) is 5.48. The van der Waals surface area contributed by atoms with Crippen molar-refractivity contribution in [3.05, 3.63) is 36.0 Å². The third kappa shape index (κ3) is 3.09. The Morgan fingerprint density at radius 2 is 2.17 bits per heavy atom. The van der Waals surface area contributed by atoms with Crippen LogP contribution in [0.25, 0.3) is 10.8 Å². The molecule has 1 aliphatic rings. The fraction of sp³-hybridized carbons (Fsp3) is 0.235. The molecule has 2 amide bonds. The lowest BCUT2D eigenvalue weighted by molar-refractivity contribution is -0.119. The normalized spacial score (nSPS) is 17.0. The van der Waals surface area contributed by atoms with Crippen LogP contribution < -0.4 is 5.32 Å². The van der Waals surface area contributed by atoms with Gasteiger partial charge in [-0.25, -0.2) is 9.78 Å². The second kappa shape index (κ2) is 5.97. The number of carbonyl (C=O) groups is 2. The van der Waals surface area contributed by atoms with E-state index in [-0.39, 0.29) is 18.4 Å². The van der Waals surface area contributed by atoms with E-state index in [2.05, 4.69) is 16.2 Å². The van der Waals surface area contributed by atoms with E-state index in [0.717, 1.165) is 16.3 Å². The number of hydrogen-bond donors (Lipinski definition) is 2. The fourth-order valence-corrected chi connectivity index (χ4v) is 2.68. The molecule has 6 nitrogen and oxygen atoms in total. The van der Waals surface area contributed by atoms with E-state index in [1.54, 1.807) is 12.3 Å². The molecule has 2 heterocycles. The average molecular weight is 309 g/mol. The molecule has 1 aromatic heterocycles. The maximum atomic E-state index is 12.2. The number of aromatic nitrogens is 1. The molecule has 2 N–H and O–H groups in total. The number of terminal acetylenes is 1. The number of carboxylic acid groups (broad SMARTS) is 1. The molecule has 6 heteroatoms. The van der Waals surface area contributed by atoms with Crippen molar-refractivity contribution in [1.82, 2.24) is 9.88 Å². The lowest BCUT2D eigenvalue weighted by Gasteiger charge is -2.12. The maximum absolute atomic E-state index is 12.2. The minimum absolute atomic E-state index is 0.214. The van der Waals surface area contributed by atoms with Crippen molar-refractivity contribution in [3.8, 4) is 12.3 Å². The van der Waals surface area contributed by atoms with Gasteiger partial charge >= 0.3 is 6.09 Å². The number of carbonyl (C=O) groups excluding carboxylic acids is 1. The van der Waals surface area contributed by atoms with Crippen LogP contribution in [0.3, 0.4) is 0 Å². The van der Waals surface area contributed by atoms with E-state index >= 15 is 0 Å². The van der Waals surface area contributed by atoms with Gasteiger partial charge in [-0.1, -0.05) is 12.0 Å². The SMILES string of the molecule is C#Cc1ccc2cnc(NC(=O)[C@H]3CCN(C(=O)O)C3)cc2c1. The van der Waals surface area contributed by atoms with Gasteiger partial charge in [0.15, 0.2) is 0 Å². The first-order valence-electron chi connectivity index (χ1n) is 7.22. The number of hydrogen-bond acceptors (Lipinski definition) is 3. The Labute approximate surface area is 133 Å². The quantitative estimate of drug-likeness (QED) is 0.833. The van der Waals surface area contributed by atoms with Gasteiger partial charge < -0.3 is 15.3 Å². The van der Waals surface area contributed by atoms with Gasteiger partial charge in [-0.05, 0) is 30.0 Å². The summed E-state index contributed by atoms with van der Waals surface area (Å²) >= 11 is 0. The first kappa shape index (κ1) is 14.9. The van der Waals surface area contributed by atoms with Gasteiger partial charge in [0.1, 0.15) is 5.82 Å². The molecule has 2 aromatic rings. The van der Waals surface area contributed by atoms with Crippen molar-refractivity contribution in [2.45, 2.75) is 6.42 Å². The van der Waals surface area contributed by atoms with Crippen LogP contribution in [0, 0.1) is 18.3 Å². The molecular weight excluding hydrogens is 294 g/mol. The molecule has 1 atom stereocenters. The van der Waals surface area contributed by atoms with Crippen molar-refractivity contribution in [3.63, 3.8) is 0 Å². The minimum atomic E-state index is -0.994. The summed E-state index contributed by atoms with van der Waals surface area (Å²) in [5.41, 5.74) is 0.758. The van der Waals surface area contributed by atoms with Crippen LogP contribution in [0.2, 0.25) is 0 Å². The Hall–Kier alpha value is -3.07. The van der Waals surface area contributed by atoms with Gasteiger partial charge in [0.25, 0.3) is 0 Å². The Morgan fingerprint density at radius 3 is 2.87 bits per heavy atom. The number of amides is 2. The molecule has 0 spiro atoms. The van der Waals surface area contributed by atoms with E-state index in [1.807, 2.05) is 18.2 Å². The number of nitrogens with one attached hydrogen (secondary N) is 1. The molecule has 1 saturated heterocycles. The zero-order valence-corrected chi connectivity index (χ0v) is 12.3. The molecule has 23 heavy (non-hydrogen) atoms. The van der Waals surface area contributed by atoms with Crippen LogP contribution in [0.4, 0.5) is 10.6 Å². The number of fused-ring (bicyclic) bond motifs is 1. The number of likely N-dealkylation sites (tertiary alicyclic amines) is 1. The van der Waals surface area contributed by atoms with Crippen LogP contribution in [0.5, 0.6) is 0 Å². The molecule has 1 aliphatic heterocycles. The Balaban J connectivity index is 1.75. The highest BCUT2D eigenvalue weighted by atomic mass is 16.4. The Morgan fingerprint density at radius 1 is 1.35 bits per heavy atom. The summed E-state index contributed by atoms with van der Waals surface area (Å²) in [5.74, 6) is 2.45. The fourth-order valence-electron chi connectivity index (χ4n) is 2.68. The molecule has 0 saturated carbocycles. The van der Waals surface area contributed by atoms with Crippen molar-refractivity contribution in [2.24, 2.45) is 5.92 Å². The molecule has 0 radical (unpaired) electrons. The van der Waals surface area contributed by atoms with Gasteiger partial charge in [-0.2, -0.15) is 0 Å². The molecule has 0 aliphatic carbocycles. The summed E-state index contributed by atoms with van der Waals surface area (Å²) in [4.78, 5) is 28.6. The summed E-state index contributed by atoms with van der Waals surface area (Å²) in [5, 5.41) is 13.5. The van der Waals surface area contributed by atoms with Gasteiger partial charge in [0, 0.05) is 30.2 Å². The maximum Gasteiger partial charge on any atom is 0.407 e. The topological polar surface area (TPSA) is 82.5 Å². The summed E-state index contributed by atoms with van der Waals surface area (Å²) in [6, 6.07) is 7.33. The van der Waals surface area contributed by atoms with Gasteiger partial charge in [0.2, 0.25) is 5.91 Å². The number of anilines is 1. The van der Waals surface area contributed by atoms with Gasteiger partial charge in [-0.3, -0.25) is 4.79 Å². The van der Waals surface area contributed by atoms with Crippen LogP contribution >= 0.6 is 0 Å². The molecule has 116 valence electrons. The molecule has 0 unspecified atom stereocenters. The molecule has 1 aromatic carbocycles. The standard InChI is InChI=1S/C17H15N3O3/c1-2-11-3-4-12-9-18-15(8-14(12)7-11)19-16(21)13-5-6-20(10-13)17(22)23/h1,3-4,7-9,13H,5-6,10H2,(H,22,23)(H,18,19,21)/t13-/m0/s1. The van der Waals surface area contributed by atoms with Crippen LogP contribution in [-0.2, 0) is 4.79 Å². The third-order valence-electron chi connectivity index (χ3n) is 3.97.